The van der Waals surface area contributed by atoms with E-state index in [1.54, 1.807) is 0 Å². The highest BCUT2D eigenvalue weighted by Crippen LogP contribution is 2.51. The summed E-state index contributed by atoms with van der Waals surface area (Å²) in [5.74, 6) is 3.59. The Morgan fingerprint density at radius 3 is 1.29 bits per heavy atom. The fourth-order valence-electron chi connectivity index (χ4n) is 9.92. The van der Waals surface area contributed by atoms with Gasteiger partial charge in [-0.15, -0.1) is 0 Å². The molecule has 0 saturated heterocycles. The minimum atomic E-state index is 0.841. The van der Waals surface area contributed by atoms with Crippen molar-refractivity contribution in [3.63, 3.8) is 0 Å². The number of hydrogen-bond acceptors (Lipinski definition) is 4. The second-order valence-electron chi connectivity index (χ2n) is 16.8. The lowest BCUT2D eigenvalue weighted by molar-refractivity contribution is 0.388. The fraction of sp³-hybridized carbons (Fsp3) is 0.0333. The zero-order valence-electron chi connectivity index (χ0n) is 35.4. The summed E-state index contributed by atoms with van der Waals surface area (Å²) >= 11 is 0. The number of nitrogens with zero attached hydrogens (tertiary/aromatic N) is 3. The number of para-hydroxylation sites is 8. The molecule has 3 aliphatic rings. The molecule has 308 valence electrons. The quantitative estimate of drug-likeness (QED) is 0.167. The van der Waals surface area contributed by atoms with E-state index in [1.807, 2.05) is 30.3 Å². The number of hydrogen-bond donors (Lipinski definition) is 0. The van der Waals surface area contributed by atoms with Crippen LogP contribution in [0.2, 0.25) is 0 Å². The third-order valence-electron chi connectivity index (χ3n) is 13.0. The molecule has 0 amide bonds. The van der Waals surface area contributed by atoms with E-state index in [1.165, 1.54) is 21.8 Å². The first kappa shape index (κ1) is 37.1. The van der Waals surface area contributed by atoms with Gasteiger partial charge in [0.1, 0.15) is 5.76 Å². The van der Waals surface area contributed by atoms with Crippen molar-refractivity contribution >= 4 is 50.2 Å². The second-order valence-corrected chi connectivity index (χ2v) is 16.8. The SMILES string of the molecule is C1=CC2=C(CC1)Oc1ccccc1N2c1ccc(-c2cc(-c3ccc(N4c5ccccc5Oc5ccccc54)cc3)cc(-c3ccc(-n4c5ccccc5c5ccccc54)cc3)c2)cc1. The Morgan fingerprint density at radius 1 is 0.354 bits per heavy atom. The predicted octanol–water partition coefficient (Wildman–Crippen LogP) is 16.5. The van der Waals surface area contributed by atoms with Gasteiger partial charge in [0.2, 0.25) is 0 Å². The van der Waals surface area contributed by atoms with E-state index in [0.29, 0.717) is 0 Å². The van der Waals surface area contributed by atoms with Gasteiger partial charge in [-0.3, -0.25) is 0 Å². The van der Waals surface area contributed by atoms with E-state index < -0.39 is 0 Å². The summed E-state index contributed by atoms with van der Waals surface area (Å²) in [6.07, 6.45) is 6.31. The average molecular weight is 836 g/mol. The molecule has 0 fully saturated rings. The molecule has 0 N–H and O–H groups in total. The maximum atomic E-state index is 6.41. The molecule has 5 nitrogen and oxygen atoms in total. The van der Waals surface area contributed by atoms with Crippen LogP contribution < -0.4 is 19.3 Å². The van der Waals surface area contributed by atoms with Crippen molar-refractivity contribution in [2.45, 2.75) is 12.8 Å². The van der Waals surface area contributed by atoms with E-state index in [2.05, 4.69) is 209 Å². The van der Waals surface area contributed by atoms with E-state index >= 15 is 0 Å². The zero-order valence-corrected chi connectivity index (χ0v) is 35.4. The first-order valence-corrected chi connectivity index (χ1v) is 22.3. The van der Waals surface area contributed by atoms with E-state index in [-0.39, 0.29) is 0 Å². The number of benzene rings is 9. The van der Waals surface area contributed by atoms with Crippen molar-refractivity contribution in [3.05, 3.63) is 236 Å². The lowest BCUT2D eigenvalue weighted by atomic mass is 9.93. The molecule has 0 spiro atoms. The topological polar surface area (TPSA) is 29.9 Å². The van der Waals surface area contributed by atoms with Gasteiger partial charge in [-0.1, -0.05) is 115 Å². The van der Waals surface area contributed by atoms with Gasteiger partial charge < -0.3 is 23.8 Å². The first-order valence-electron chi connectivity index (χ1n) is 22.3. The Kier molecular flexibility index (Phi) is 8.59. The second kappa shape index (κ2) is 15.1. The number of anilines is 5. The van der Waals surface area contributed by atoms with Crippen LogP contribution in [0.15, 0.2) is 236 Å². The molecule has 1 aliphatic carbocycles. The highest BCUT2D eigenvalue weighted by atomic mass is 16.5. The largest absolute Gasteiger partial charge is 0.457 e. The van der Waals surface area contributed by atoms with E-state index in [9.17, 15) is 0 Å². The van der Waals surface area contributed by atoms with Crippen molar-refractivity contribution < 1.29 is 9.47 Å². The molecule has 2 aliphatic heterocycles. The number of fused-ring (bicyclic) bond motifs is 6. The van der Waals surface area contributed by atoms with Crippen LogP contribution in [0.3, 0.4) is 0 Å². The highest BCUT2D eigenvalue weighted by molar-refractivity contribution is 6.09. The van der Waals surface area contributed by atoms with Gasteiger partial charge in [-0.2, -0.15) is 0 Å². The van der Waals surface area contributed by atoms with E-state index in [0.717, 1.165) is 109 Å². The third kappa shape index (κ3) is 6.23. The van der Waals surface area contributed by atoms with Gasteiger partial charge in [0.15, 0.2) is 17.2 Å². The molecule has 3 heterocycles. The van der Waals surface area contributed by atoms with Crippen molar-refractivity contribution in [3.8, 4) is 56.3 Å². The van der Waals surface area contributed by atoms with Crippen LogP contribution in [0.5, 0.6) is 17.2 Å². The number of aromatic nitrogens is 1. The van der Waals surface area contributed by atoms with Crippen LogP contribution in [0, 0.1) is 0 Å². The summed E-state index contributed by atoms with van der Waals surface area (Å²) in [5, 5.41) is 2.52. The van der Waals surface area contributed by atoms with Crippen LogP contribution in [0.4, 0.5) is 28.4 Å². The lowest BCUT2D eigenvalue weighted by Crippen LogP contribution is -2.24. The normalized spacial score (nSPS) is 13.8. The minimum absolute atomic E-state index is 0.841. The summed E-state index contributed by atoms with van der Waals surface area (Å²) in [4.78, 5) is 4.62. The molecule has 0 atom stereocenters. The zero-order chi connectivity index (χ0) is 42.8. The molecule has 0 bridgehead atoms. The summed E-state index contributed by atoms with van der Waals surface area (Å²) in [5.41, 5.74) is 16.8. The van der Waals surface area contributed by atoms with Crippen LogP contribution >= 0.6 is 0 Å². The molecule has 9 aromatic carbocycles. The van der Waals surface area contributed by atoms with Crippen LogP contribution in [0.1, 0.15) is 12.8 Å². The van der Waals surface area contributed by atoms with Gasteiger partial charge in [0.25, 0.3) is 0 Å². The average Bonchev–Trinajstić information content (AvgIpc) is 3.71. The number of allylic oxidation sites excluding steroid dienone is 3. The number of ether oxygens (including phenoxy) is 2. The molecule has 0 unspecified atom stereocenters. The molecular formula is C60H41N3O2. The van der Waals surface area contributed by atoms with E-state index in [4.69, 9.17) is 9.47 Å². The van der Waals surface area contributed by atoms with Crippen molar-refractivity contribution in [1.82, 2.24) is 4.57 Å². The summed E-state index contributed by atoms with van der Waals surface area (Å²) < 4.78 is 15.1. The molecule has 10 aromatic rings. The smallest absolute Gasteiger partial charge is 0.151 e. The van der Waals surface area contributed by atoms with Gasteiger partial charge in [-0.25, -0.2) is 0 Å². The van der Waals surface area contributed by atoms with Gasteiger partial charge in [-0.05, 0) is 149 Å². The maximum absolute atomic E-state index is 6.41. The third-order valence-corrected chi connectivity index (χ3v) is 13.0. The first-order chi connectivity index (χ1) is 32.2. The fourth-order valence-corrected chi connectivity index (χ4v) is 9.92. The standard InChI is InChI=1S/C60H41N3O2/c1-3-15-51-49(13-1)50-14-2-4-16-52(50)61(51)46-31-25-40(26-32-46)43-37-44(41-27-33-47(34-28-41)62-53-17-5-9-21-57(53)64-58-22-10-6-18-54(58)62)39-45(38-43)42-29-35-48(36-30-42)63-55-19-7-11-23-59(55)65-60-24-12-8-20-56(60)63/h1-11,13-23,25-39H,12,24H2. The molecule has 65 heavy (non-hydrogen) atoms. The molecule has 13 rings (SSSR count). The summed E-state index contributed by atoms with van der Waals surface area (Å²) in [7, 11) is 0. The highest BCUT2D eigenvalue weighted by Gasteiger charge is 2.28. The minimum Gasteiger partial charge on any atom is -0.457 e. The maximum Gasteiger partial charge on any atom is 0.151 e. The van der Waals surface area contributed by atoms with Crippen molar-refractivity contribution in [1.29, 1.82) is 0 Å². The summed E-state index contributed by atoms with van der Waals surface area (Å²) in [6, 6.07) is 76.1. The summed E-state index contributed by atoms with van der Waals surface area (Å²) in [6.45, 7) is 0. The Labute approximate surface area is 377 Å². The Morgan fingerprint density at radius 2 is 0.769 bits per heavy atom. The molecular weight excluding hydrogens is 795 g/mol. The molecule has 0 radical (unpaired) electrons. The van der Waals surface area contributed by atoms with Crippen molar-refractivity contribution in [2.75, 3.05) is 9.80 Å². The van der Waals surface area contributed by atoms with Crippen LogP contribution in [-0.4, -0.2) is 4.57 Å². The predicted molar refractivity (Wildman–Crippen MR) is 266 cm³/mol. The number of rotatable bonds is 6. The van der Waals surface area contributed by atoms with Gasteiger partial charge in [0.05, 0.1) is 33.8 Å². The monoisotopic (exact) mass is 835 g/mol. The molecule has 1 aromatic heterocycles. The lowest BCUT2D eigenvalue weighted by Gasteiger charge is -2.35. The van der Waals surface area contributed by atoms with Gasteiger partial charge in [0, 0.05) is 34.3 Å². The van der Waals surface area contributed by atoms with Crippen LogP contribution in [0.25, 0.3) is 60.9 Å². The Balaban J connectivity index is 0.909. The molecule has 0 saturated carbocycles. The van der Waals surface area contributed by atoms with Crippen molar-refractivity contribution in [2.24, 2.45) is 0 Å². The Bertz CT molecular complexity index is 3450. The van der Waals surface area contributed by atoms with Gasteiger partial charge >= 0.3 is 0 Å². The Hall–Kier alpha value is -8.54. The molecule has 5 heteroatoms. The van der Waals surface area contributed by atoms with Crippen LogP contribution in [-0.2, 0) is 0 Å².